The molecule has 2 N–H and O–H groups in total. The minimum atomic E-state index is -1.05. The number of pyridine rings is 1. The van der Waals surface area contributed by atoms with Crippen LogP contribution in [0.5, 0.6) is 5.75 Å². The van der Waals surface area contributed by atoms with Gasteiger partial charge in [-0.15, -0.1) is 0 Å². The molecule has 2 aromatic heterocycles. The van der Waals surface area contributed by atoms with Crippen molar-refractivity contribution < 1.29 is 23.4 Å². The van der Waals surface area contributed by atoms with E-state index in [-0.39, 0.29) is 41.2 Å². The van der Waals surface area contributed by atoms with Gasteiger partial charge in [-0.1, -0.05) is 23.7 Å². The van der Waals surface area contributed by atoms with Crippen LogP contribution in [-0.4, -0.2) is 32.2 Å². The zero-order valence-corrected chi connectivity index (χ0v) is 21.7. The van der Waals surface area contributed by atoms with Gasteiger partial charge in [0.05, 0.1) is 29.2 Å². The van der Waals surface area contributed by atoms with Crippen LogP contribution in [0.2, 0.25) is 5.02 Å². The fourth-order valence-electron chi connectivity index (χ4n) is 4.26. The van der Waals surface area contributed by atoms with Crippen molar-refractivity contribution in [2.75, 3.05) is 11.9 Å². The van der Waals surface area contributed by atoms with Crippen LogP contribution in [0.15, 0.2) is 77.7 Å². The number of carboxylic acid groups (broad SMARTS) is 1. The monoisotopic (exact) mass is 562 g/mol. The van der Waals surface area contributed by atoms with E-state index in [1.54, 1.807) is 37.3 Å². The van der Waals surface area contributed by atoms with Crippen molar-refractivity contribution in [2.45, 2.75) is 13.5 Å². The third kappa shape index (κ3) is 5.76. The number of carbonyl (C=O) groups is 1. The predicted molar refractivity (Wildman–Crippen MR) is 148 cm³/mol. The molecule has 3 aromatic carbocycles. The van der Waals surface area contributed by atoms with Crippen LogP contribution in [0.25, 0.3) is 22.0 Å². The van der Waals surface area contributed by atoms with Crippen molar-refractivity contribution in [2.24, 2.45) is 0 Å². The topological polar surface area (TPSA) is 106 Å². The smallest absolute Gasteiger partial charge is 0.335 e. The molecule has 202 valence electrons. The van der Waals surface area contributed by atoms with Gasteiger partial charge >= 0.3 is 5.97 Å². The van der Waals surface area contributed by atoms with Crippen LogP contribution >= 0.6 is 11.6 Å². The Morgan fingerprint density at radius 2 is 1.85 bits per heavy atom. The number of nitrogens with zero attached hydrogens (tertiary/aromatic N) is 3. The summed E-state index contributed by atoms with van der Waals surface area (Å²) in [6, 6.07) is 15.9. The zero-order valence-electron chi connectivity index (χ0n) is 21.0. The number of fused-ring (bicyclic) bond motifs is 1. The Morgan fingerprint density at radius 3 is 2.60 bits per heavy atom. The molecule has 8 nitrogen and oxygen atoms in total. The third-order valence-electron chi connectivity index (χ3n) is 6.10. The van der Waals surface area contributed by atoms with Gasteiger partial charge in [-0.2, -0.15) is 0 Å². The summed E-state index contributed by atoms with van der Waals surface area (Å²) in [5, 5.41) is 12.9. The average molecular weight is 563 g/mol. The van der Waals surface area contributed by atoms with Crippen LogP contribution in [-0.2, 0) is 6.54 Å². The molecule has 0 aliphatic heterocycles. The number of benzene rings is 3. The molecule has 11 heteroatoms. The molecule has 0 radical (unpaired) electrons. The lowest BCUT2D eigenvalue weighted by molar-refractivity contribution is 0.0697. The van der Waals surface area contributed by atoms with Gasteiger partial charge < -0.3 is 15.2 Å². The van der Waals surface area contributed by atoms with Crippen LogP contribution < -0.4 is 15.6 Å². The van der Waals surface area contributed by atoms with Crippen molar-refractivity contribution in [3.63, 3.8) is 0 Å². The lowest BCUT2D eigenvalue weighted by Gasteiger charge is -2.15. The van der Waals surface area contributed by atoms with Crippen LogP contribution in [0, 0.1) is 18.6 Å². The Hall–Kier alpha value is -4.83. The molecule has 40 heavy (non-hydrogen) atoms. The van der Waals surface area contributed by atoms with Crippen LogP contribution in [0.3, 0.4) is 0 Å². The van der Waals surface area contributed by atoms with E-state index < -0.39 is 17.6 Å². The molecule has 2 heterocycles. The zero-order chi connectivity index (χ0) is 28.4. The van der Waals surface area contributed by atoms with E-state index in [4.69, 9.17) is 16.3 Å². The summed E-state index contributed by atoms with van der Waals surface area (Å²) < 4.78 is 34.6. The van der Waals surface area contributed by atoms with Gasteiger partial charge in [0.1, 0.15) is 35.6 Å². The SMILES string of the molecule is Cc1nc2cnc(Nc3cc(F)cc(F)c3)cc2c(=O)n1CCOc1ccc(Cl)cc1-c1cccc(C(=O)O)c1. The molecule has 0 unspecified atom stereocenters. The molecular formula is C29H21ClF2N4O4. The number of hydrogen-bond acceptors (Lipinski definition) is 6. The molecule has 0 aliphatic rings. The second kappa shape index (κ2) is 11.1. The lowest BCUT2D eigenvalue weighted by atomic mass is 10.0. The number of ether oxygens (including phenoxy) is 1. The highest BCUT2D eigenvalue weighted by Crippen LogP contribution is 2.33. The highest BCUT2D eigenvalue weighted by Gasteiger charge is 2.13. The Bertz CT molecular complexity index is 1810. The van der Waals surface area contributed by atoms with Crippen molar-refractivity contribution in [3.05, 3.63) is 111 Å². The fourth-order valence-corrected chi connectivity index (χ4v) is 4.43. The molecular weight excluding hydrogens is 542 g/mol. The number of rotatable bonds is 8. The number of halogens is 3. The van der Waals surface area contributed by atoms with E-state index in [1.165, 1.54) is 29.0 Å². The third-order valence-corrected chi connectivity index (χ3v) is 6.34. The van der Waals surface area contributed by atoms with Gasteiger partial charge in [0.15, 0.2) is 0 Å². The summed E-state index contributed by atoms with van der Waals surface area (Å²) in [4.78, 5) is 33.5. The Morgan fingerprint density at radius 1 is 1.07 bits per heavy atom. The minimum Gasteiger partial charge on any atom is -0.491 e. The standard InChI is InChI=1S/C29H21ClF2N4O4/c1-16-34-25-15-33-27(35-22-12-20(31)11-21(32)13-22)14-24(25)28(37)36(16)7-8-40-26-6-5-19(30)10-23(26)17-3-2-4-18(9-17)29(38)39/h2-6,9-15H,7-8H2,1H3,(H,33,35)(H,38,39). The fraction of sp³-hybridized carbons (Fsp3) is 0.103. The van der Waals surface area contributed by atoms with Crippen molar-refractivity contribution in [1.29, 1.82) is 0 Å². The molecule has 0 amide bonds. The molecule has 5 rings (SSSR count). The van der Waals surface area contributed by atoms with Gasteiger partial charge in [-0.05, 0) is 61.0 Å². The molecule has 0 fully saturated rings. The van der Waals surface area contributed by atoms with E-state index in [2.05, 4.69) is 15.3 Å². The minimum absolute atomic E-state index is 0.0972. The molecule has 0 bridgehead atoms. The average Bonchev–Trinajstić information content (AvgIpc) is 2.91. The van der Waals surface area contributed by atoms with Gasteiger partial charge in [-0.25, -0.2) is 23.5 Å². The highest BCUT2D eigenvalue weighted by molar-refractivity contribution is 6.31. The van der Waals surface area contributed by atoms with Crippen LogP contribution in [0.4, 0.5) is 20.3 Å². The van der Waals surface area contributed by atoms with E-state index in [9.17, 15) is 23.5 Å². The molecule has 0 atom stereocenters. The summed E-state index contributed by atoms with van der Waals surface area (Å²) in [7, 11) is 0. The maximum Gasteiger partial charge on any atom is 0.335 e. The van der Waals surface area contributed by atoms with Crippen molar-refractivity contribution in [3.8, 4) is 16.9 Å². The molecule has 5 aromatic rings. The van der Waals surface area contributed by atoms with Gasteiger partial charge in [0, 0.05) is 22.3 Å². The number of aromatic nitrogens is 3. The summed E-state index contributed by atoms with van der Waals surface area (Å²) in [6.45, 7) is 1.94. The number of hydrogen-bond donors (Lipinski definition) is 2. The van der Waals surface area contributed by atoms with Crippen molar-refractivity contribution in [1.82, 2.24) is 14.5 Å². The first-order chi connectivity index (χ1) is 19.2. The van der Waals surface area contributed by atoms with E-state index >= 15 is 0 Å². The first-order valence-corrected chi connectivity index (χ1v) is 12.4. The number of carboxylic acids is 1. The molecule has 0 saturated heterocycles. The van der Waals surface area contributed by atoms with Crippen molar-refractivity contribution >= 4 is 40.0 Å². The normalized spacial score (nSPS) is 11.0. The highest BCUT2D eigenvalue weighted by atomic mass is 35.5. The first kappa shape index (κ1) is 26.8. The number of nitrogens with one attached hydrogen (secondary N) is 1. The van der Waals surface area contributed by atoms with Gasteiger partial charge in [0.25, 0.3) is 5.56 Å². The quantitative estimate of drug-likeness (QED) is 0.231. The molecule has 0 saturated carbocycles. The largest absolute Gasteiger partial charge is 0.491 e. The molecule has 0 spiro atoms. The number of anilines is 2. The second-order valence-electron chi connectivity index (χ2n) is 8.86. The summed E-state index contributed by atoms with van der Waals surface area (Å²) in [5.41, 5.74) is 1.52. The Balaban J connectivity index is 1.39. The number of aryl methyl sites for hydroxylation is 1. The summed E-state index contributed by atoms with van der Waals surface area (Å²) >= 11 is 6.20. The van der Waals surface area contributed by atoms with Crippen LogP contribution in [0.1, 0.15) is 16.2 Å². The van der Waals surface area contributed by atoms with E-state index in [0.29, 0.717) is 33.2 Å². The van der Waals surface area contributed by atoms with Gasteiger partial charge in [-0.3, -0.25) is 9.36 Å². The molecule has 0 aliphatic carbocycles. The van der Waals surface area contributed by atoms with E-state index in [1.807, 2.05) is 0 Å². The Labute approximate surface area is 231 Å². The van der Waals surface area contributed by atoms with E-state index in [0.717, 1.165) is 18.2 Å². The number of aromatic carboxylic acids is 1. The second-order valence-corrected chi connectivity index (χ2v) is 9.30. The first-order valence-electron chi connectivity index (χ1n) is 12.0. The lowest BCUT2D eigenvalue weighted by Crippen LogP contribution is -2.26. The Kier molecular flexibility index (Phi) is 7.43. The maximum absolute atomic E-state index is 13.6. The summed E-state index contributed by atoms with van der Waals surface area (Å²) in [6.07, 6.45) is 1.41. The maximum atomic E-state index is 13.6. The van der Waals surface area contributed by atoms with Gasteiger partial charge in [0.2, 0.25) is 0 Å². The summed E-state index contributed by atoms with van der Waals surface area (Å²) in [5.74, 6) is -1.42. The predicted octanol–water partition coefficient (Wildman–Crippen LogP) is 6.22.